The largest absolute Gasteiger partial charge is 0.417 e. The van der Waals surface area contributed by atoms with Crippen LogP contribution in [0.4, 0.5) is 13.2 Å². The van der Waals surface area contributed by atoms with Gasteiger partial charge in [0.1, 0.15) is 5.01 Å². The van der Waals surface area contributed by atoms with Gasteiger partial charge < -0.3 is 5.73 Å². The van der Waals surface area contributed by atoms with Crippen molar-refractivity contribution >= 4 is 23.1 Å². The van der Waals surface area contributed by atoms with E-state index in [-0.39, 0.29) is 11.4 Å². The zero-order valence-electron chi connectivity index (χ0n) is 9.86. The number of benzene rings is 1. The lowest BCUT2D eigenvalue weighted by Crippen LogP contribution is -2.08. The molecule has 0 atom stereocenters. The summed E-state index contributed by atoms with van der Waals surface area (Å²) in [6, 6.07) is 4.09. The predicted molar refractivity (Wildman–Crippen MR) is 68.1 cm³/mol. The van der Waals surface area contributed by atoms with E-state index in [4.69, 9.17) is 5.73 Å². The van der Waals surface area contributed by atoms with Crippen molar-refractivity contribution in [1.29, 1.82) is 0 Å². The minimum absolute atomic E-state index is 0.0753. The molecule has 0 saturated carbocycles. The number of nitrogens with two attached hydrogens (primary N) is 1. The molecule has 1 aromatic carbocycles. The Hall–Kier alpha value is -1.12. The van der Waals surface area contributed by atoms with E-state index in [1.54, 1.807) is 13.0 Å². The summed E-state index contributed by atoms with van der Waals surface area (Å²) in [5.41, 5.74) is 5.14. The number of hydrogen-bond donors (Lipinski definition) is 1. The lowest BCUT2D eigenvalue weighted by atomic mass is 10.1. The summed E-state index contributed by atoms with van der Waals surface area (Å²) in [5.74, 6) is 0. The molecule has 19 heavy (non-hydrogen) atoms. The van der Waals surface area contributed by atoms with Crippen LogP contribution in [-0.2, 0) is 12.7 Å². The van der Waals surface area contributed by atoms with Crippen LogP contribution in [0.15, 0.2) is 27.4 Å². The number of aryl methyl sites for hydroxylation is 1. The molecule has 0 aliphatic carbocycles. The highest BCUT2D eigenvalue weighted by molar-refractivity contribution is 8.01. The summed E-state index contributed by atoms with van der Waals surface area (Å²) in [7, 11) is 0. The van der Waals surface area contributed by atoms with E-state index in [2.05, 4.69) is 10.2 Å². The molecule has 102 valence electrons. The number of nitrogens with zero attached hydrogens (tertiary/aromatic N) is 2. The average molecular weight is 305 g/mol. The molecule has 3 nitrogen and oxygen atoms in total. The molecule has 0 aliphatic heterocycles. The van der Waals surface area contributed by atoms with Crippen molar-refractivity contribution in [1.82, 2.24) is 10.2 Å². The van der Waals surface area contributed by atoms with Gasteiger partial charge in [0.25, 0.3) is 0 Å². The van der Waals surface area contributed by atoms with E-state index >= 15 is 0 Å². The summed E-state index contributed by atoms with van der Waals surface area (Å²) in [6.45, 7) is 1.83. The molecule has 0 fully saturated rings. The molecule has 8 heteroatoms. The van der Waals surface area contributed by atoms with E-state index in [9.17, 15) is 13.2 Å². The average Bonchev–Trinajstić information content (AvgIpc) is 2.74. The van der Waals surface area contributed by atoms with Crippen molar-refractivity contribution in [3.05, 3.63) is 34.3 Å². The minimum atomic E-state index is -4.41. The molecule has 0 amide bonds. The highest BCUT2D eigenvalue weighted by Gasteiger charge is 2.34. The van der Waals surface area contributed by atoms with Gasteiger partial charge in [-0.1, -0.05) is 29.2 Å². The summed E-state index contributed by atoms with van der Waals surface area (Å²) >= 11 is 2.23. The highest BCUT2D eigenvalue weighted by atomic mass is 32.2. The van der Waals surface area contributed by atoms with Crippen LogP contribution in [0.2, 0.25) is 0 Å². The summed E-state index contributed by atoms with van der Waals surface area (Å²) in [4.78, 5) is 0.112. The van der Waals surface area contributed by atoms with E-state index in [1.165, 1.54) is 17.4 Å². The maximum Gasteiger partial charge on any atom is 0.417 e. The maximum absolute atomic E-state index is 13.0. The van der Waals surface area contributed by atoms with Crippen LogP contribution in [0.1, 0.15) is 16.1 Å². The highest BCUT2D eigenvalue weighted by Crippen LogP contribution is 2.40. The van der Waals surface area contributed by atoms with Gasteiger partial charge in [0.2, 0.25) is 0 Å². The summed E-state index contributed by atoms with van der Waals surface area (Å²) < 4.78 is 39.4. The minimum Gasteiger partial charge on any atom is -0.326 e. The maximum atomic E-state index is 13.0. The van der Waals surface area contributed by atoms with Crippen LogP contribution >= 0.6 is 23.1 Å². The van der Waals surface area contributed by atoms with Crippen LogP contribution in [0.3, 0.4) is 0 Å². The Morgan fingerprint density at radius 1 is 1.32 bits per heavy atom. The van der Waals surface area contributed by atoms with Crippen molar-refractivity contribution in [2.24, 2.45) is 5.73 Å². The lowest BCUT2D eigenvalue weighted by Gasteiger charge is -2.12. The van der Waals surface area contributed by atoms with Crippen LogP contribution in [0, 0.1) is 6.92 Å². The van der Waals surface area contributed by atoms with Crippen molar-refractivity contribution in [3.8, 4) is 0 Å². The van der Waals surface area contributed by atoms with E-state index in [0.717, 1.165) is 22.8 Å². The second-order valence-corrected chi connectivity index (χ2v) is 6.19. The molecule has 0 bridgehead atoms. The van der Waals surface area contributed by atoms with Crippen LogP contribution in [0.5, 0.6) is 0 Å². The van der Waals surface area contributed by atoms with Gasteiger partial charge in [-0.15, -0.1) is 10.2 Å². The van der Waals surface area contributed by atoms with E-state index < -0.39 is 11.7 Å². The van der Waals surface area contributed by atoms with Crippen molar-refractivity contribution in [3.63, 3.8) is 0 Å². The predicted octanol–water partition coefficient (Wildman–Crippen LogP) is 3.48. The quantitative estimate of drug-likeness (QED) is 0.943. The number of rotatable bonds is 3. The Morgan fingerprint density at radius 2 is 2.05 bits per heavy atom. The molecule has 0 radical (unpaired) electrons. The third-order valence-corrected chi connectivity index (χ3v) is 4.26. The van der Waals surface area contributed by atoms with Gasteiger partial charge in [-0.2, -0.15) is 13.2 Å². The zero-order valence-corrected chi connectivity index (χ0v) is 11.5. The van der Waals surface area contributed by atoms with Gasteiger partial charge in [-0.25, -0.2) is 0 Å². The number of hydrogen-bond acceptors (Lipinski definition) is 5. The first-order valence-electron chi connectivity index (χ1n) is 5.28. The molecule has 0 saturated heterocycles. The Morgan fingerprint density at radius 3 is 2.58 bits per heavy atom. The topological polar surface area (TPSA) is 51.8 Å². The molecular weight excluding hydrogens is 295 g/mol. The van der Waals surface area contributed by atoms with Gasteiger partial charge in [-0.05, 0) is 24.6 Å². The van der Waals surface area contributed by atoms with E-state index in [0.29, 0.717) is 9.90 Å². The first-order valence-corrected chi connectivity index (χ1v) is 6.91. The molecule has 2 aromatic rings. The number of aromatic nitrogens is 2. The Bertz CT molecular complexity index is 581. The fourth-order valence-electron chi connectivity index (χ4n) is 1.43. The second-order valence-electron chi connectivity index (χ2n) is 3.72. The molecule has 1 aromatic heterocycles. The number of halogens is 3. The Labute approximate surface area is 116 Å². The van der Waals surface area contributed by atoms with Gasteiger partial charge >= 0.3 is 6.18 Å². The van der Waals surface area contributed by atoms with Crippen LogP contribution in [-0.4, -0.2) is 10.2 Å². The van der Waals surface area contributed by atoms with E-state index in [1.807, 2.05) is 0 Å². The fraction of sp³-hybridized carbons (Fsp3) is 0.273. The van der Waals surface area contributed by atoms with Crippen LogP contribution < -0.4 is 5.73 Å². The number of alkyl halides is 3. The SMILES string of the molecule is Cc1nnc(Sc2ccc(CN)cc2C(F)(F)F)s1. The van der Waals surface area contributed by atoms with Crippen LogP contribution in [0.25, 0.3) is 0 Å². The Balaban J connectivity index is 2.39. The monoisotopic (exact) mass is 305 g/mol. The smallest absolute Gasteiger partial charge is 0.326 e. The summed E-state index contributed by atoms with van der Waals surface area (Å²) in [5, 5.41) is 8.32. The third-order valence-electron chi connectivity index (χ3n) is 2.29. The first kappa shape index (κ1) is 14.3. The molecule has 2 N–H and O–H groups in total. The molecule has 1 heterocycles. The standard InChI is InChI=1S/C11H10F3N3S2/c1-6-16-17-10(18-6)19-9-3-2-7(5-15)4-8(9)11(12,13)14/h2-4H,5,15H2,1H3. The Kier molecular flexibility index (Phi) is 4.12. The fourth-order valence-corrected chi connectivity index (χ4v) is 3.33. The van der Waals surface area contributed by atoms with Crippen molar-refractivity contribution in [2.45, 2.75) is 28.9 Å². The molecular formula is C11H10F3N3S2. The molecule has 2 rings (SSSR count). The molecule has 0 aliphatic rings. The van der Waals surface area contributed by atoms with Gasteiger partial charge in [0.15, 0.2) is 4.34 Å². The zero-order chi connectivity index (χ0) is 14.0. The molecule has 0 unspecified atom stereocenters. The van der Waals surface area contributed by atoms with Gasteiger partial charge in [-0.3, -0.25) is 0 Å². The lowest BCUT2D eigenvalue weighted by molar-refractivity contribution is -0.139. The first-order chi connectivity index (χ1) is 8.90. The molecule has 0 spiro atoms. The van der Waals surface area contributed by atoms with Gasteiger partial charge in [0, 0.05) is 11.4 Å². The third kappa shape index (κ3) is 3.46. The van der Waals surface area contributed by atoms with Crippen molar-refractivity contribution < 1.29 is 13.2 Å². The summed E-state index contributed by atoms with van der Waals surface area (Å²) in [6.07, 6.45) is -4.41. The second kappa shape index (κ2) is 5.48. The van der Waals surface area contributed by atoms with Gasteiger partial charge in [0.05, 0.1) is 5.56 Å². The normalized spacial score (nSPS) is 11.8. The van der Waals surface area contributed by atoms with Crippen molar-refractivity contribution in [2.75, 3.05) is 0 Å².